The fourth-order valence-corrected chi connectivity index (χ4v) is 3.49. The van der Waals surface area contributed by atoms with E-state index in [1.54, 1.807) is 18.9 Å². The lowest BCUT2D eigenvalue weighted by Gasteiger charge is -2.18. The molecule has 8 nitrogen and oxygen atoms in total. The minimum absolute atomic E-state index is 0.133. The van der Waals surface area contributed by atoms with Gasteiger partial charge in [0.05, 0.1) is 31.7 Å². The van der Waals surface area contributed by atoms with Crippen molar-refractivity contribution < 1.29 is 14.3 Å². The summed E-state index contributed by atoms with van der Waals surface area (Å²) in [5.74, 6) is 1.44. The number of carbonyl (C=O) groups excluding carboxylic acids is 1. The average molecular weight is 414 g/mol. The molecule has 3 rings (SSSR count). The topological polar surface area (TPSA) is 91.2 Å². The quantitative estimate of drug-likeness (QED) is 0.568. The first kappa shape index (κ1) is 20.7. The second kappa shape index (κ2) is 9.42. The number of methoxy groups -OCH3 is 2. The number of ether oxygens (including phenoxy) is 2. The molecule has 2 aromatic carbocycles. The second-order valence-electron chi connectivity index (χ2n) is 6.39. The summed E-state index contributed by atoms with van der Waals surface area (Å²) in [5, 5.41) is 15.3. The van der Waals surface area contributed by atoms with Gasteiger partial charge < -0.3 is 14.8 Å². The highest BCUT2D eigenvalue weighted by molar-refractivity contribution is 7.99. The number of benzene rings is 2. The molecule has 0 spiro atoms. The fraction of sp³-hybridized carbons (Fsp3) is 0.300. The molecule has 152 valence electrons. The van der Waals surface area contributed by atoms with E-state index in [1.807, 2.05) is 56.3 Å². The Labute approximate surface area is 173 Å². The number of rotatable bonds is 8. The molecule has 1 N–H and O–H groups in total. The highest BCUT2D eigenvalue weighted by atomic mass is 32.2. The maximum absolute atomic E-state index is 12.5. The van der Waals surface area contributed by atoms with Gasteiger partial charge in [0.1, 0.15) is 11.5 Å². The molecule has 0 aliphatic carbocycles. The SMILES string of the molecule is COc1ccc(OC)c(C(C)NC(=O)CSc2nnnn2-c2ccc(C)cc2)c1. The molecule has 0 fully saturated rings. The molecule has 0 saturated heterocycles. The van der Waals surface area contributed by atoms with Crippen LogP contribution in [0.15, 0.2) is 47.6 Å². The first-order valence-corrected chi connectivity index (χ1v) is 10.00. The monoisotopic (exact) mass is 413 g/mol. The van der Waals surface area contributed by atoms with Crippen molar-refractivity contribution >= 4 is 17.7 Å². The van der Waals surface area contributed by atoms with Crippen LogP contribution in [-0.4, -0.2) is 46.1 Å². The molecule has 1 atom stereocenters. The van der Waals surface area contributed by atoms with Crippen LogP contribution in [0.4, 0.5) is 0 Å². The van der Waals surface area contributed by atoms with E-state index in [0.717, 1.165) is 16.8 Å². The second-order valence-corrected chi connectivity index (χ2v) is 7.34. The van der Waals surface area contributed by atoms with Crippen molar-refractivity contribution in [1.29, 1.82) is 0 Å². The fourth-order valence-electron chi connectivity index (χ4n) is 2.79. The molecule has 1 aromatic heterocycles. The van der Waals surface area contributed by atoms with Crippen molar-refractivity contribution in [3.63, 3.8) is 0 Å². The first-order valence-electron chi connectivity index (χ1n) is 9.01. The number of amides is 1. The maximum atomic E-state index is 12.5. The molecule has 3 aromatic rings. The molecule has 0 aliphatic rings. The predicted octanol–water partition coefficient (Wildman–Crippen LogP) is 2.96. The van der Waals surface area contributed by atoms with E-state index in [9.17, 15) is 4.79 Å². The third-order valence-corrected chi connectivity index (χ3v) is 5.25. The third-order valence-electron chi connectivity index (χ3n) is 4.33. The summed E-state index contributed by atoms with van der Waals surface area (Å²) in [4.78, 5) is 12.5. The molecule has 0 radical (unpaired) electrons. The van der Waals surface area contributed by atoms with Gasteiger partial charge in [-0.15, -0.1) is 5.10 Å². The van der Waals surface area contributed by atoms with Gasteiger partial charge in [-0.1, -0.05) is 29.5 Å². The molecule has 1 unspecified atom stereocenters. The Morgan fingerprint density at radius 3 is 2.62 bits per heavy atom. The van der Waals surface area contributed by atoms with Crippen molar-refractivity contribution in [2.75, 3.05) is 20.0 Å². The Morgan fingerprint density at radius 2 is 1.93 bits per heavy atom. The molecule has 0 aliphatic heterocycles. The molecule has 9 heteroatoms. The smallest absolute Gasteiger partial charge is 0.230 e. The standard InChI is InChI=1S/C20H23N5O3S/c1-13-5-7-15(8-6-13)25-20(22-23-24-25)29-12-19(26)21-14(2)17-11-16(27-3)9-10-18(17)28-4/h5-11,14H,12H2,1-4H3,(H,21,26). The highest BCUT2D eigenvalue weighted by Gasteiger charge is 2.17. The van der Waals surface area contributed by atoms with Crippen LogP contribution in [0.1, 0.15) is 24.1 Å². The lowest BCUT2D eigenvalue weighted by Crippen LogP contribution is -2.28. The van der Waals surface area contributed by atoms with E-state index in [0.29, 0.717) is 16.7 Å². The number of aryl methyl sites for hydroxylation is 1. The van der Waals surface area contributed by atoms with Crippen LogP contribution in [0.25, 0.3) is 5.69 Å². The maximum Gasteiger partial charge on any atom is 0.230 e. The zero-order valence-electron chi connectivity index (χ0n) is 16.7. The van der Waals surface area contributed by atoms with E-state index in [-0.39, 0.29) is 17.7 Å². The summed E-state index contributed by atoms with van der Waals surface area (Å²) in [7, 11) is 3.20. The molecular formula is C20H23N5O3S. The lowest BCUT2D eigenvalue weighted by molar-refractivity contribution is -0.119. The van der Waals surface area contributed by atoms with Gasteiger partial charge in [0, 0.05) is 5.56 Å². The Bertz CT molecular complexity index is 975. The zero-order valence-corrected chi connectivity index (χ0v) is 17.6. The van der Waals surface area contributed by atoms with E-state index in [2.05, 4.69) is 20.8 Å². The highest BCUT2D eigenvalue weighted by Crippen LogP contribution is 2.29. The summed E-state index contributed by atoms with van der Waals surface area (Å²) >= 11 is 1.27. The van der Waals surface area contributed by atoms with Gasteiger partial charge in [0.15, 0.2) is 0 Å². The van der Waals surface area contributed by atoms with Crippen LogP contribution >= 0.6 is 11.8 Å². The van der Waals surface area contributed by atoms with E-state index in [1.165, 1.54) is 11.8 Å². The Balaban J connectivity index is 1.64. The van der Waals surface area contributed by atoms with Gasteiger partial charge in [0.2, 0.25) is 11.1 Å². The Hall–Kier alpha value is -3.07. The van der Waals surface area contributed by atoms with Gasteiger partial charge in [-0.05, 0) is 54.6 Å². The third kappa shape index (κ3) is 5.05. The average Bonchev–Trinajstić information content (AvgIpc) is 3.20. The number of nitrogens with one attached hydrogen (secondary N) is 1. The first-order chi connectivity index (χ1) is 14.0. The summed E-state index contributed by atoms with van der Waals surface area (Å²) in [6.45, 7) is 3.91. The molecular weight excluding hydrogens is 390 g/mol. The number of hydrogen-bond acceptors (Lipinski definition) is 7. The number of aromatic nitrogens is 4. The molecule has 1 heterocycles. The minimum atomic E-state index is -0.249. The normalized spacial score (nSPS) is 11.7. The lowest BCUT2D eigenvalue weighted by atomic mass is 10.1. The summed E-state index contributed by atoms with van der Waals surface area (Å²) < 4.78 is 12.3. The summed E-state index contributed by atoms with van der Waals surface area (Å²) in [6.07, 6.45) is 0. The number of carbonyl (C=O) groups is 1. The van der Waals surface area contributed by atoms with Crippen molar-refractivity contribution in [2.24, 2.45) is 0 Å². The molecule has 29 heavy (non-hydrogen) atoms. The van der Waals surface area contributed by atoms with E-state index in [4.69, 9.17) is 9.47 Å². The van der Waals surface area contributed by atoms with Crippen molar-refractivity contribution in [3.8, 4) is 17.2 Å². The zero-order chi connectivity index (χ0) is 20.8. The number of nitrogens with zero attached hydrogens (tertiary/aromatic N) is 4. The molecule has 0 saturated carbocycles. The van der Waals surface area contributed by atoms with Gasteiger partial charge in [-0.3, -0.25) is 4.79 Å². The van der Waals surface area contributed by atoms with Crippen LogP contribution in [0.2, 0.25) is 0 Å². The van der Waals surface area contributed by atoms with Gasteiger partial charge >= 0.3 is 0 Å². The van der Waals surface area contributed by atoms with Crippen molar-refractivity contribution in [3.05, 3.63) is 53.6 Å². The van der Waals surface area contributed by atoms with Crippen LogP contribution in [0, 0.1) is 6.92 Å². The number of hydrogen-bond donors (Lipinski definition) is 1. The molecule has 1 amide bonds. The minimum Gasteiger partial charge on any atom is -0.497 e. The summed E-state index contributed by atoms with van der Waals surface area (Å²) in [6, 6.07) is 13.1. The van der Waals surface area contributed by atoms with Gasteiger partial charge in [-0.2, -0.15) is 4.68 Å². The van der Waals surface area contributed by atoms with Crippen LogP contribution < -0.4 is 14.8 Å². The molecule has 0 bridgehead atoms. The van der Waals surface area contributed by atoms with Gasteiger partial charge in [-0.25, -0.2) is 0 Å². The van der Waals surface area contributed by atoms with Gasteiger partial charge in [0.25, 0.3) is 0 Å². The predicted molar refractivity (Wildman–Crippen MR) is 111 cm³/mol. The van der Waals surface area contributed by atoms with Crippen LogP contribution in [-0.2, 0) is 4.79 Å². The van der Waals surface area contributed by atoms with Crippen molar-refractivity contribution in [2.45, 2.75) is 25.0 Å². The van der Waals surface area contributed by atoms with E-state index < -0.39 is 0 Å². The van der Waals surface area contributed by atoms with Crippen LogP contribution in [0.5, 0.6) is 11.5 Å². The number of thioether (sulfide) groups is 1. The summed E-state index contributed by atoms with van der Waals surface area (Å²) in [5.41, 5.74) is 2.84. The van der Waals surface area contributed by atoms with Crippen LogP contribution in [0.3, 0.4) is 0 Å². The Morgan fingerprint density at radius 1 is 1.17 bits per heavy atom. The number of tetrazole rings is 1. The van der Waals surface area contributed by atoms with Crippen molar-refractivity contribution in [1.82, 2.24) is 25.5 Å². The Kier molecular flexibility index (Phi) is 6.71. The van der Waals surface area contributed by atoms with E-state index >= 15 is 0 Å². The largest absolute Gasteiger partial charge is 0.497 e.